The molecule has 2 aliphatic heterocycles. The van der Waals surface area contributed by atoms with Gasteiger partial charge in [0.25, 0.3) is 0 Å². The minimum atomic E-state index is 0.860. The molecule has 1 N–H and O–H groups in total. The Balaban J connectivity index is 1.46. The van der Waals surface area contributed by atoms with Gasteiger partial charge in [0.05, 0.1) is 11.9 Å². The van der Waals surface area contributed by atoms with E-state index in [9.17, 15) is 0 Å². The molecule has 19 heavy (non-hydrogen) atoms. The van der Waals surface area contributed by atoms with E-state index in [0.717, 1.165) is 19.0 Å². The molecule has 4 heteroatoms. The Bertz CT molecular complexity index is 367. The van der Waals surface area contributed by atoms with Crippen LogP contribution in [0.2, 0.25) is 0 Å². The maximum Gasteiger partial charge on any atom is 0.0553 e. The van der Waals surface area contributed by atoms with Gasteiger partial charge in [-0.3, -0.25) is 9.88 Å². The monoisotopic (exact) mass is 260 g/mol. The summed E-state index contributed by atoms with van der Waals surface area (Å²) in [5.41, 5.74) is 1.27. The first-order valence-electron chi connectivity index (χ1n) is 7.50. The van der Waals surface area contributed by atoms with Crippen LogP contribution in [0, 0.1) is 5.92 Å². The average Bonchev–Trinajstić information content (AvgIpc) is 2.50. The van der Waals surface area contributed by atoms with Crippen molar-refractivity contribution in [3.8, 4) is 0 Å². The topological polar surface area (TPSA) is 31.4 Å². The zero-order valence-electron chi connectivity index (χ0n) is 11.6. The van der Waals surface area contributed by atoms with Crippen LogP contribution in [0.5, 0.6) is 0 Å². The van der Waals surface area contributed by atoms with Gasteiger partial charge >= 0.3 is 0 Å². The summed E-state index contributed by atoms with van der Waals surface area (Å²) in [7, 11) is 0. The molecule has 0 unspecified atom stereocenters. The summed E-state index contributed by atoms with van der Waals surface area (Å²) in [6.07, 6.45) is 6.56. The smallest absolute Gasteiger partial charge is 0.0553 e. The van der Waals surface area contributed by atoms with Gasteiger partial charge in [0.2, 0.25) is 0 Å². The fourth-order valence-electron chi connectivity index (χ4n) is 3.17. The van der Waals surface area contributed by atoms with Crippen LogP contribution in [0.4, 0.5) is 5.69 Å². The number of piperidine rings is 1. The summed E-state index contributed by atoms with van der Waals surface area (Å²) in [5.74, 6) is 0.860. The molecule has 3 rings (SSSR count). The molecule has 104 valence electrons. The predicted octanol–water partition coefficient (Wildman–Crippen LogP) is 1.20. The molecule has 3 heterocycles. The molecule has 0 saturated carbocycles. The molecular weight excluding hydrogens is 236 g/mol. The number of nitrogens with zero attached hydrogens (tertiary/aromatic N) is 3. The predicted molar refractivity (Wildman–Crippen MR) is 78.5 cm³/mol. The largest absolute Gasteiger partial charge is 0.368 e. The van der Waals surface area contributed by atoms with E-state index < -0.39 is 0 Å². The van der Waals surface area contributed by atoms with Crippen LogP contribution in [0.1, 0.15) is 12.8 Å². The van der Waals surface area contributed by atoms with Crippen molar-refractivity contribution in [3.05, 3.63) is 24.5 Å². The summed E-state index contributed by atoms with van der Waals surface area (Å²) in [4.78, 5) is 9.29. The van der Waals surface area contributed by atoms with Gasteiger partial charge in [-0.25, -0.2) is 0 Å². The summed E-state index contributed by atoms with van der Waals surface area (Å²) < 4.78 is 0. The molecular formula is C15H24N4. The summed E-state index contributed by atoms with van der Waals surface area (Å²) in [6, 6.07) is 4.18. The normalized spacial score (nSPS) is 25.5. The van der Waals surface area contributed by atoms with Crippen molar-refractivity contribution in [1.82, 2.24) is 15.2 Å². The first-order valence-corrected chi connectivity index (χ1v) is 7.50. The van der Waals surface area contributed by atoms with E-state index in [4.69, 9.17) is 0 Å². The quantitative estimate of drug-likeness (QED) is 0.885. The number of rotatable bonds is 3. The number of pyridine rings is 1. The maximum atomic E-state index is 4.21. The van der Waals surface area contributed by atoms with E-state index in [2.05, 4.69) is 26.2 Å². The molecule has 1 atom stereocenters. The fourth-order valence-corrected chi connectivity index (χ4v) is 3.17. The van der Waals surface area contributed by atoms with Crippen LogP contribution in [0.15, 0.2) is 24.5 Å². The van der Waals surface area contributed by atoms with Crippen molar-refractivity contribution < 1.29 is 0 Å². The van der Waals surface area contributed by atoms with E-state index in [1.165, 1.54) is 51.3 Å². The number of nitrogens with one attached hydrogen (secondary N) is 1. The second-order valence-electron chi connectivity index (χ2n) is 5.71. The first kappa shape index (κ1) is 12.9. The molecule has 2 fully saturated rings. The van der Waals surface area contributed by atoms with Crippen LogP contribution in [0.3, 0.4) is 0 Å². The third-order valence-corrected chi connectivity index (χ3v) is 4.30. The molecule has 2 aliphatic rings. The zero-order valence-corrected chi connectivity index (χ0v) is 11.6. The highest BCUT2D eigenvalue weighted by Gasteiger charge is 2.21. The first-order chi connectivity index (χ1) is 9.42. The molecule has 0 spiro atoms. The second-order valence-corrected chi connectivity index (χ2v) is 5.71. The van der Waals surface area contributed by atoms with Gasteiger partial charge in [-0.05, 0) is 44.0 Å². The van der Waals surface area contributed by atoms with Crippen molar-refractivity contribution >= 4 is 5.69 Å². The number of hydrogen-bond donors (Lipinski definition) is 1. The van der Waals surface area contributed by atoms with Gasteiger partial charge in [-0.1, -0.05) is 0 Å². The third kappa shape index (κ3) is 3.45. The Morgan fingerprint density at radius 2 is 2.16 bits per heavy atom. The number of hydrogen-bond acceptors (Lipinski definition) is 4. The molecule has 0 bridgehead atoms. The van der Waals surface area contributed by atoms with Gasteiger partial charge in [0, 0.05) is 38.9 Å². The Morgan fingerprint density at radius 3 is 2.84 bits per heavy atom. The Kier molecular flexibility index (Phi) is 4.30. The van der Waals surface area contributed by atoms with Gasteiger partial charge in [-0.2, -0.15) is 0 Å². The minimum absolute atomic E-state index is 0.860. The second kappa shape index (κ2) is 6.35. The molecule has 2 saturated heterocycles. The lowest BCUT2D eigenvalue weighted by molar-refractivity contribution is 0.199. The van der Waals surface area contributed by atoms with Crippen LogP contribution in [-0.2, 0) is 0 Å². The standard InChI is InChI=1S/C15H24N4/c1-3-14(11-16-5-1)13-18-7-9-19(10-8-18)15-4-2-6-17-12-15/h2,4,6,12,14,16H,1,3,5,7-11,13H2/t14-/m0/s1. The van der Waals surface area contributed by atoms with Gasteiger partial charge < -0.3 is 10.2 Å². The SMILES string of the molecule is c1cncc(N2CCN(C[C@H]3CCCNC3)CC2)c1. The van der Waals surface area contributed by atoms with Crippen LogP contribution >= 0.6 is 0 Å². The van der Waals surface area contributed by atoms with E-state index in [0.29, 0.717) is 0 Å². The molecule has 0 radical (unpaired) electrons. The Hall–Kier alpha value is -1.13. The van der Waals surface area contributed by atoms with Crippen molar-refractivity contribution in [2.75, 3.05) is 50.7 Å². The number of aromatic nitrogens is 1. The molecule has 0 amide bonds. The lowest BCUT2D eigenvalue weighted by Gasteiger charge is -2.38. The molecule has 4 nitrogen and oxygen atoms in total. The minimum Gasteiger partial charge on any atom is -0.368 e. The third-order valence-electron chi connectivity index (χ3n) is 4.30. The summed E-state index contributed by atoms with van der Waals surface area (Å²) >= 11 is 0. The molecule has 0 aliphatic carbocycles. The van der Waals surface area contributed by atoms with Crippen molar-refractivity contribution in [1.29, 1.82) is 0 Å². The lowest BCUT2D eigenvalue weighted by Crippen LogP contribution is -2.49. The van der Waals surface area contributed by atoms with Crippen molar-refractivity contribution in [2.24, 2.45) is 5.92 Å². The summed E-state index contributed by atoms with van der Waals surface area (Å²) in [5, 5.41) is 3.51. The molecule has 1 aromatic heterocycles. The molecule has 0 aromatic carbocycles. The zero-order chi connectivity index (χ0) is 12.9. The van der Waals surface area contributed by atoms with Crippen LogP contribution in [0.25, 0.3) is 0 Å². The lowest BCUT2D eigenvalue weighted by atomic mass is 9.99. The highest BCUT2D eigenvalue weighted by Crippen LogP contribution is 2.17. The Morgan fingerprint density at radius 1 is 1.26 bits per heavy atom. The van der Waals surface area contributed by atoms with Crippen LogP contribution < -0.4 is 10.2 Å². The van der Waals surface area contributed by atoms with Crippen molar-refractivity contribution in [3.63, 3.8) is 0 Å². The maximum absolute atomic E-state index is 4.21. The summed E-state index contributed by atoms with van der Waals surface area (Å²) in [6.45, 7) is 8.33. The van der Waals surface area contributed by atoms with Gasteiger partial charge in [0.15, 0.2) is 0 Å². The highest BCUT2D eigenvalue weighted by molar-refractivity contribution is 5.43. The van der Waals surface area contributed by atoms with Gasteiger partial charge in [-0.15, -0.1) is 0 Å². The molecule has 1 aromatic rings. The van der Waals surface area contributed by atoms with Crippen LogP contribution in [-0.4, -0.2) is 55.7 Å². The average molecular weight is 260 g/mol. The van der Waals surface area contributed by atoms with E-state index in [1.807, 2.05) is 18.5 Å². The van der Waals surface area contributed by atoms with E-state index >= 15 is 0 Å². The number of piperazine rings is 1. The number of anilines is 1. The van der Waals surface area contributed by atoms with E-state index in [-0.39, 0.29) is 0 Å². The van der Waals surface area contributed by atoms with Gasteiger partial charge in [0.1, 0.15) is 0 Å². The van der Waals surface area contributed by atoms with Crippen molar-refractivity contribution in [2.45, 2.75) is 12.8 Å². The highest BCUT2D eigenvalue weighted by atomic mass is 15.3. The van der Waals surface area contributed by atoms with E-state index in [1.54, 1.807) is 0 Å². The Labute approximate surface area is 115 Å². The fraction of sp³-hybridized carbons (Fsp3) is 0.667.